The zero-order valence-electron chi connectivity index (χ0n) is 18.2. The summed E-state index contributed by atoms with van der Waals surface area (Å²) in [5.41, 5.74) is 2.89. The van der Waals surface area contributed by atoms with Crippen LogP contribution < -0.4 is 15.6 Å². The minimum Gasteiger partial charge on any atom is -0.481 e. The van der Waals surface area contributed by atoms with Crippen LogP contribution >= 0.6 is 0 Å². The average molecular weight is 447 g/mol. The molecule has 0 aliphatic heterocycles. The lowest BCUT2D eigenvalue weighted by molar-refractivity contribution is 0.184. The number of ether oxygens (including phenoxy) is 2. The second-order valence-corrected chi connectivity index (χ2v) is 7.36. The number of methoxy groups -OCH3 is 2. The van der Waals surface area contributed by atoms with Crippen LogP contribution in [0.25, 0.3) is 33.5 Å². The Labute approximate surface area is 187 Å². The number of nitrogens with zero attached hydrogens (tertiary/aromatic N) is 6. The summed E-state index contributed by atoms with van der Waals surface area (Å²) in [4.78, 5) is 36.8. The number of imidazole rings is 1. The Bertz CT molecular complexity index is 1490. The maximum absolute atomic E-state index is 13.2. The van der Waals surface area contributed by atoms with Gasteiger partial charge in [-0.05, 0) is 6.07 Å². The molecule has 0 saturated heterocycles. The largest absolute Gasteiger partial charge is 0.481 e. The maximum Gasteiger partial charge on any atom is 0.261 e. The maximum atomic E-state index is 13.2. The standard InChI is InChI=1S/C21H21N9O3/c1-30-9-13-17(29-30)18(25-14(10-32-2)19-22-5-4-6-23-19)16(21(31)28-13)20-26-11-7-15(33-3)24-8-12(11)27-20/h4-9,14,25H,10H2,1-3H3,(H,26,27)(H,28,31). The molecule has 5 rings (SSSR count). The molecule has 0 fully saturated rings. The number of aromatic nitrogens is 8. The van der Waals surface area contributed by atoms with Gasteiger partial charge in [0, 0.05) is 38.8 Å². The van der Waals surface area contributed by atoms with Crippen LogP contribution in [0, 0.1) is 0 Å². The summed E-state index contributed by atoms with van der Waals surface area (Å²) in [5, 5.41) is 7.94. The molecular formula is C21H21N9O3. The second-order valence-electron chi connectivity index (χ2n) is 7.36. The van der Waals surface area contributed by atoms with Crippen LogP contribution in [-0.4, -0.2) is 60.5 Å². The van der Waals surface area contributed by atoms with Gasteiger partial charge in [0.05, 0.1) is 36.6 Å². The van der Waals surface area contributed by atoms with Gasteiger partial charge in [-0.3, -0.25) is 9.48 Å². The van der Waals surface area contributed by atoms with E-state index in [1.54, 1.807) is 55.8 Å². The minimum atomic E-state index is -0.437. The van der Waals surface area contributed by atoms with Crippen LogP contribution in [0.2, 0.25) is 0 Å². The lowest BCUT2D eigenvalue weighted by Crippen LogP contribution is -2.22. The summed E-state index contributed by atoms with van der Waals surface area (Å²) in [6.07, 6.45) is 6.63. The molecule has 0 amide bonds. The van der Waals surface area contributed by atoms with Crippen molar-refractivity contribution in [2.75, 3.05) is 26.1 Å². The third-order valence-corrected chi connectivity index (χ3v) is 5.13. The Morgan fingerprint density at radius 3 is 2.73 bits per heavy atom. The van der Waals surface area contributed by atoms with Gasteiger partial charge in [0.1, 0.15) is 28.5 Å². The quantitative estimate of drug-likeness (QED) is 0.339. The molecule has 3 N–H and O–H groups in total. The summed E-state index contributed by atoms with van der Waals surface area (Å²) in [6, 6.07) is 3.02. The van der Waals surface area contributed by atoms with Crippen molar-refractivity contribution in [1.82, 2.24) is 39.7 Å². The van der Waals surface area contributed by atoms with Crippen LogP contribution in [0.4, 0.5) is 5.69 Å². The molecule has 168 valence electrons. The van der Waals surface area contributed by atoms with Crippen molar-refractivity contribution in [2.45, 2.75) is 6.04 Å². The molecule has 0 bridgehead atoms. The van der Waals surface area contributed by atoms with Crippen molar-refractivity contribution in [3.8, 4) is 17.3 Å². The van der Waals surface area contributed by atoms with Crippen LogP contribution in [-0.2, 0) is 11.8 Å². The molecule has 0 saturated carbocycles. The predicted octanol–water partition coefficient (Wildman–Crippen LogP) is 1.80. The average Bonchev–Trinajstić information content (AvgIpc) is 3.40. The number of fused-ring (bicyclic) bond motifs is 2. The predicted molar refractivity (Wildman–Crippen MR) is 121 cm³/mol. The first-order valence-electron chi connectivity index (χ1n) is 10.1. The number of pyridine rings is 2. The second kappa shape index (κ2) is 8.31. The van der Waals surface area contributed by atoms with Crippen molar-refractivity contribution in [3.05, 3.63) is 53.1 Å². The van der Waals surface area contributed by atoms with Crippen LogP contribution in [0.3, 0.4) is 0 Å². The van der Waals surface area contributed by atoms with Crippen molar-refractivity contribution in [3.63, 3.8) is 0 Å². The van der Waals surface area contributed by atoms with Gasteiger partial charge in [0.25, 0.3) is 5.56 Å². The van der Waals surface area contributed by atoms with E-state index in [1.807, 2.05) is 0 Å². The Hall–Kier alpha value is -4.32. The van der Waals surface area contributed by atoms with Crippen molar-refractivity contribution in [1.29, 1.82) is 0 Å². The molecule has 0 aliphatic carbocycles. The minimum absolute atomic E-state index is 0.270. The Morgan fingerprint density at radius 2 is 1.97 bits per heavy atom. The van der Waals surface area contributed by atoms with Gasteiger partial charge < -0.3 is 24.8 Å². The zero-order valence-corrected chi connectivity index (χ0v) is 18.2. The number of H-pyrrole nitrogens is 2. The van der Waals surface area contributed by atoms with Crippen LogP contribution in [0.15, 0.2) is 41.7 Å². The van der Waals surface area contributed by atoms with E-state index in [0.29, 0.717) is 50.8 Å². The summed E-state index contributed by atoms with van der Waals surface area (Å²) < 4.78 is 12.2. The van der Waals surface area contributed by atoms with Gasteiger partial charge in [-0.2, -0.15) is 5.10 Å². The Kier molecular flexibility index (Phi) is 5.18. The van der Waals surface area contributed by atoms with E-state index in [-0.39, 0.29) is 12.2 Å². The van der Waals surface area contributed by atoms with E-state index in [9.17, 15) is 4.79 Å². The molecule has 12 nitrogen and oxygen atoms in total. The monoisotopic (exact) mass is 447 g/mol. The molecule has 0 aromatic carbocycles. The first kappa shape index (κ1) is 20.6. The van der Waals surface area contributed by atoms with E-state index in [0.717, 1.165) is 0 Å². The van der Waals surface area contributed by atoms with Crippen molar-refractivity contribution >= 4 is 27.8 Å². The molecule has 5 aromatic heterocycles. The van der Waals surface area contributed by atoms with Gasteiger partial charge in [0.2, 0.25) is 5.88 Å². The van der Waals surface area contributed by atoms with Gasteiger partial charge in [-0.25, -0.2) is 19.9 Å². The zero-order chi connectivity index (χ0) is 22.9. The highest BCUT2D eigenvalue weighted by molar-refractivity contribution is 5.96. The Morgan fingerprint density at radius 1 is 1.15 bits per heavy atom. The fourth-order valence-electron chi connectivity index (χ4n) is 3.68. The van der Waals surface area contributed by atoms with Crippen molar-refractivity contribution < 1.29 is 9.47 Å². The summed E-state index contributed by atoms with van der Waals surface area (Å²) in [6.45, 7) is 0.270. The summed E-state index contributed by atoms with van der Waals surface area (Å²) >= 11 is 0. The van der Waals surface area contributed by atoms with E-state index in [4.69, 9.17) is 9.47 Å². The van der Waals surface area contributed by atoms with Crippen LogP contribution in [0.5, 0.6) is 5.88 Å². The number of hydrogen-bond acceptors (Lipinski definition) is 9. The smallest absolute Gasteiger partial charge is 0.261 e. The number of aromatic amines is 2. The molecular weight excluding hydrogens is 426 g/mol. The number of rotatable bonds is 7. The van der Waals surface area contributed by atoms with E-state index in [1.165, 1.54) is 7.11 Å². The summed E-state index contributed by atoms with van der Waals surface area (Å²) in [5.74, 6) is 1.32. The van der Waals surface area contributed by atoms with E-state index >= 15 is 0 Å². The van der Waals surface area contributed by atoms with E-state index < -0.39 is 6.04 Å². The fourth-order valence-corrected chi connectivity index (χ4v) is 3.68. The highest BCUT2D eigenvalue weighted by Crippen LogP contribution is 2.32. The normalized spacial score (nSPS) is 12.3. The fraction of sp³-hybridized carbons (Fsp3) is 0.238. The molecule has 0 spiro atoms. The van der Waals surface area contributed by atoms with Gasteiger partial charge >= 0.3 is 0 Å². The molecule has 5 heterocycles. The van der Waals surface area contributed by atoms with Gasteiger partial charge in [-0.15, -0.1) is 0 Å². The first-order chi connectivity index (χ1) is 16.1. The topological polar surface area (TPSA) is 149 Å². The summed E-state index contributed by atoms with van der Waals surface area (Å²) in [7, 11) is 4.91. The number of anilines is 1. The third kappa shape index (κ3) is 3.76. The first-order valence-corrected chi connectivity index (χ1v) is 10.1. The molecule has 33 heavy (non-hydrogen) atoms. The highest BCUT2D eigenvalue weighted by atomic mass is 16.5. The Balaban J connectivity index is 1.71. The van der Waals surface area contributed by atoms with Gasteiger partial charge in [0.15, 0.2) is 5.82 Å². The lowest BCUT2D eigenvalue weighted by atomic mass is 10.1. The SMILES string of the molecule is COCC(Nc1c(-c2nc3cnc(OC)cc3[nH]2)c(=O)[nH]c2cn(C)nc12)c1ncccn1. The lowest BCUT2D eigenvalue weighted by Gasteiger charge is -2.19. The molecule has 5 aromatic rings. The molecule has 12 heteroatoms. The molecule has 1 unspecified atom stereocenters. The number of nitrogens with one attached hydrogen (secondary N) is 3. The third-order valence-electron chi connectivity index (χ3n) is 5.13. The number of aryl methyl sites for hydroxylation is 1. The van der Waals surface area contributed by atoms with Crippen molar-refractivity contribution in [2.24, 2.45) is 7.05 Å². The number of hydrogen-bond donors (Lipinski definition) is 3. The van der Waals surface area contributed by atoms with Gasteiger partial charge in [-0.1, -0.05) is 0 Å². The highest BCUT2D eigenvalue weighted by Gasteiger charge is 2.24. The molecule has 0 aliphatic rings. The molecule has 1 atom stereocenters. The molecule has 0 radical (unpaired) electrons. The van der Waals surface area contributed by atoms with E-state index in [2.05, 4.69) is 40.3 Å². The van der Waals surface area contributed by atoms with Crippen LogP contribution in [0.1, 0.15) is 11.9 Å².